The molecule has 2 N–H and O–H groups in total. The minimum Gasteiger partial charge on any atom is -0.468 e. The SMILES string of the molecule is COC(=O)CSCc1cccc(NC(=O)CC2CCCN2)c1. The number of esters is 1. The first-order chi connectivity index (χ1) is 10.7. The Morgan fingerprint density at radius 1 is 1.45 bits per heavy atom. The zero-order valence-electron chi connectivity index (χ0n) is 12.8. The van der Waals surface area contributed by atoms with E-state index in [-0.39, 0.29) is 11.9 Å². The van der Waals surface area contributed by atoms with Crippen LogP contribution < -0.4 is 10.6 Å². The summed E-state index contributed by atoms with van der Waals surface area (Å²) < 4.78 is 4.61. The maximum Gasteiger partial charge on any atom is 0.315 e. The topological polar surface area (TPSA) is 67.4 Å². The summed E-state index contributed by atoms with van der Waals surface area (Å²) in [4.78, 5) is 23.1. The number of carbonyl (C=O) groups is 2. The van der Waals surface area contributed by atoms with Crippen LogP contribution in [0.25, 0.3) is 0 Å². The zero-order valence-corrected chi connectivity index (χ0v) is 13.6. The molecule has 0 radical (unpaired) electrons. The van der Waals surface area contributed by atoms with Gasteiger partial charge in [0.2, 0.25) is 5.91 Å². The number of rotatable bonds is 7. The normalized spacial score (nSPS) is 17.2. The molecule has 2 rings (SSSR count). The van der Waals surface area contributed by atoms with Crippen LogP contribution >= 0.6 is 11.8 Å². The van der Waals surface area contributed by atoms with Gasteiger partial charge in [-0.1, -0.05) is 12.1 Å². The van der Waals surface area contributed by atoms with Crippen molar-refractivity contribution < 1.29 is 14.3 Å². The molecule has 0 aliphatic carbocycles. The summed E-state index contributed by atoms with van der Waals surface area (Å²) in [6.07, 6.45) is 2.73. The van der Waals surface area contributed by atoms with Crippen LogP contribution in [0, 0.1) is 0 Å². The number of thioether (sulfide) groups is 1. The summed E-state index contributed by atoms with van der Waals surface area (Å²) in [6.45, 7) is 1.00. The second-order valence-electron chi connectivity index (χ2n) is 5.31. The van der Waals surface area contributed by atoms with Gasteiger partial charge in [-0.05, 0) is 37.1 Å². The molecule has 0 spiro atoms. The summed E-state index contributed by atoms with van der Waals surface area (Å²) in [7, 11) is 1.39. The molecule has 1 amide bonds. The molecule has 1 atom stereocenters. The van der Waals surface area contributed by atoms with Crippen molar-refractivity contribution >= 4 is 29.3 Å². The number of ether oxygens (including phenoxy) is 1. The van der Waals surface area contributed by atoms with Gasteiger partial charge in [0, 0.05) is 23.9 Å². The van der Waals surface area contributed by atoms with E-state index in [4.69, 9.17) is 0 Å². The standard InChI is InChI=1S/C16H22N2O3S/c1-21-16(20)11-22-10-12-4-2-5-14(8-12)18-15(19)9-13-6-3-7-17-13/h2,4-5,8,13,17H,3,6-7,9-11H2,1H3,(H,18,19). The lowest BCUT2D eigenvalue weighted by atomic mass is 10.1. The van der Waals surface area contributed by atoms with E-state index in [0.29, 0.717) is 24.0 Å². The van der Waals surface area contributed by atoms with Crippen LogP contribution in [0.3, 0.4) is 0 Å². The molecular weight excluding hydrogens is 300 g/mol. The molecular formula is C16H22N2O3S. The van der Waals surface area contributed by atoms with Crippen molar-refractivity contribution in [1.82, 2.24) is 5.32 Å². The third-order valence-electron chi connectivity index (χ3n) is 3.52. The maximum atomic E-state index is 12.0. The third-order valence-corrected chi connectivity index (χ3v) is 4.50. The summed E-state index contributed by atoms with van der Waals surface area (Å²) in [5, 5.41) is 6.26. The second kappa shape index (κ2) is 8.80. The lowest BCUT2D eigenvalue weighted by Gasteiger charge is -2.11. The summed E-state index contributed by atoms with van der Waals surface area (Å²) in [5.74, 6) is 0.862. The summed E-state index contributed by atoms with van der Waals surface area (Å²) >= 11 is 1.50. The fourth-order valence-corrected chi connectivity index (χ4v) is 3.22. The number of hydrogen-bond donors (Lipinski definition) is 2. The van der Waals surface area contributed by atoms with Gasteiger partial charge in [-0.15, -0.1) is 11.8 Å². The van der Waals surface area contributed by atoms with Crippen molar-refractivity contribution in [3.05, 3.63) is 29.8 Å². The largest absolute Gasteiger partial charge is 0.468 e. The van der Waals surface area contributed by atoms with E-state index < -0.39 is 0 Å². The molecule has 1 aliphatic heterocycles. The van der Waals surface area contributed by atoms with Crippen LogP contribution in [-0.2, 0) is 20.1 Å². The number of anilines is 1. The van der Waals surface area contributed by atoms with Crippen LogP contribution in [0.5, 0.6) is 0 Å². The Labute approximate surface area is 135 Å². The Balaban J connectivity index is 1.79. The van der Waals surface area contributed by atoms with Crippen molar-refractivity contribution in [2.75, 3.05) is 24.7 Å². The Morgan fingerprint density at radius 2 is 2.32 bits per heavy atom. The van der Waals surface area contributed by atoms with Crippen molar-refractivity contribution in [2.45, 2.75) is 31.1 Å². The van der Waals surface area contributed by atoms with E-state index in [1.807, 2.05) is 24.3 Å². The molecule has 22 heavy (non-hydrogen) atoms. The first-order valence-corrected chi connectivity index (χ1v) is 8.59. The van der Waals surface area contributed by atoms with Crippen molar-refractivity contribution in [3.8, 4) is 0 Å². The Hall–Kier alpha value is -1.53. The minimum atomic E-state index is -0.224. The van der Waals surface area contributed by atoms with Gasteiger partial charge in [-0.3, -0.25) is 9.59 Å². The maximum absolute atomic E-state index is 12.0. The Morgan fingerprint density at radius 3 is 3.05 bits per heavy atom. The van der Waals surface area contributed by atoms with E-state index >= 15 is 0 Å². The number of benzene rings is 1. The molecule has 1 heterocycles. The molecule has 1 aromatic rings. The van der Waals surface area contributed by atoms with Gasteiger partial charge in [-0.2, -0.15) is 0 Å². The fraction of sp³-hybridized carbons (Fsp3) is 0.500. The molecule has 5 nitrogen and oxygen atoms in total. The number of methoxy groups -OCH3 is 1. The number of nitrogens with one attached hydrogen (secondary N) is 2. The number of amides is 1. The lowest BCUT2D eigenvalue weighted by Crippen LogP contribution is -2.27. The molecule has 0 aromatic heterocycles. The van der Waals surface area contributed by atoms with Gasteiger partial charge in [-0.25, -0.2) is 0 Å². The molecule has 1 aromatic carbocycles. The fourth-order valence-electron chi connectivity index (χ4n) is 2.42. The van der Waals surface area contributed by atoms with Gasteiger partial charge in [0.1, 0.15) is 0 Å². The van der Waals surface area contributed by atoms with Crippen molar-refractivity contribution in [2.24, 2.45) is 0 Å². The first-order valence-electron chi connectivity index (χ1n) is 7.44. The van der Waals surface area contributed by atoms with Gasteiger partial charge in [0.25, 0.3) is 0 Å². The summed E-state index contributed by atoms with van der Waals surface area (Å²) in [5.41, 5.74) is 1.88. The van der Waals surface area contributed by atoms with Gasteiger partial charge in [0.05, 0.1) is 12.9 Å². The van der Waals surface area contributed by atoms with Crippen LogP contribution in [0.1, 0.15) is 24.8 Å². The molecule has 1 fully saturated rings. The quantitative estimate of drug-likeness (QED) is 0.753. The number of carbonyl (C=O) groups excluding carboxylic acids is 2. The molecule has 6 heteroatoms. The van der Waals surface area contributed by atoms with E-state index in [2.05, 4.69) is 15.4 Å². The monoisotopic (exact) mass is 322 g/mol. The average Bonchev–Trinajstić information content (AvgIpc) is 3.00. The van der Waals surface area contributed by atoms with Gasteiger partial charge in [0.15, 0.2) is 0 Å². The van der Waals surface area contributed by atoms with Crippen LogP contribution in [0.2, 0.25) is 0 Å². The highest BCUT2D eigenvalue weighted by atomic mass is 32.2. The Kier molecular flexibility index (Phi) is 6.74. The summed E-state index contributed by atoms with van der Waals surface area (Å²) in [6, 6.07) is 8.04. The van der Waals surface area contributed by atoms with Crippen molar-refractivity contribution in [1.29, 1.82) is 0 Å². The average molecular weight is 322 g/mol. The van der Waals surface area contributed by atoms with Crippen LogP contribution in [0.15, 0.2) is 24.3 Å². The molecule has 1 unspecified atom stereocenters. The van der Waals surface area contributed by atoms with Gasteiger partial charge >= 0.3 is 5.97 Å². The molecule has 0 saturated carbocycles. The van der Waals surface area contributed by atoms with E-state index in [1.165, 1.54) is 18.9 Å². The molecule has 1 aliphatic rings. The van der Waals surface area contributed by atoms with E-state index in [1.54, 1.807) is 0 Å². The first kappa shape index (κ1) is 16.8. The smallest absolute Gasteiger partial charge is 0.315 e. The minimum absolute atomic E-state index is 0.0405. The highest BCUT2D eigenvalue weighted by molar-refractivity contribution is 7.99. The molecule has 0 bridgehead atoms. The molecule has 120 valence electrons. The van der Waals surface area contributed by atoms with Crippen LogP contribution in [-0.4, -0.2) is 37.3 Å². The second-order valence-corrected chi connectivity index (χ2v) is 6.30. The van der Waals surface area contributed by atoms with E-state index in [0.717, 1.165) is 30.6 Å². The zero-order chi connectivity index (χ0) is 15.8. The predicted octanol–water partition coefficient (Wildman–Crippen LogP) is 2.17. The molecule has 1 saturated heterocycles. The highest BCUT2D eigenvalue weighted by Crippen LogP contribution is 2.17. The third kappa shape index (κ3) is 5.69. The van der Waals surface area contributed by atoms with Crippen molar-refractivity contribution in [3.63, 3.8) is 0 Å². The number of hydrogen-bond acceptors (Lipinski definition) is 5. The predicted molar refractivity (Wildman–Crippen MR) is 88.9 cm³/mol. The lowest BCUT2D eigenvalue weighted by molar-refractivity contribution is -0.137. The van der Waals surface area contributed by atoms with Gasteiger partial charge < -0.3 is 15.4 Å². The van der Waals surface area contributed by atoms with Crippen LogP contribution in [0.4, 0.5) is 5.69 Å². The highest BCUT2D eigenvalue weighted by Gasteiger charge is 2.17. The Bertz CT molecular complexity index is 516. The van der Waals surface area contributed by atoms with E-state index in [9.17, 15) is 9.59 Å².